The van der Waals surface area contributed by atoms with Crippen molar-refractivity contribution in [2.24, 2.45) is 0 Å². The summed E-state index contributed by atoms with van der Waals surface area (Å²) in [5.74, 6) is 2.59. The van der Waals surface area contributed by atoms with Crippen LogP contribution >= 0.6 is 11.8 Å². The summed E-state index contributed by atoms with van der Waals surface area (Å²) in [6, 6.07) is 7.91. The smallest absolute Gasteiger partial charge is 0.253 e. The monoisotopic (exact) mass is 368 g/mol. The van der Waals surface area contributed by atoms with E-state index in [2.05, 4.69) is 22.0 Å². The first kappa shape index (κ1) is 17.0. The number of nitrogens with zero attached hydrogens (tertiary/aromatic N) is 4. The maximum atomic E-state index is 12.7. The molecule has 0 amide bonds. The predicted molar refractivity (Wildman–Crippen MR) is 100 cm³/mol. The average Bonchev–Trinajstić information content (AvgIpc) is 3.06. The number of benzene rings is 1. The van der Waals surface area contributed by atoms with Gasteiger partial charge in [0.2, 0.25) is 5.16 Å². The van der Waals surface area contributed by atoms with Gasteiger partial charge in [-0.1, -0.05) is 30.8 Å². The quantitative estimate of drug-likeness (QED) is 0.642. The number of hydrogen-bond donors (Lipinski definition) is 0. The molecule has 1 aliphatic carbocycles. The molecule has 6 nitrogen and oxygen atoms in total. The number of ketones is 1. The molecule has 7 heteroatoms. The molecule has 0 bridgehead atoms. The molecule has 1 aliphatic rings. The molecule has 0 unspecified atom stereocenters. The Bertz CT molecular complexity index is 952. The number of thioether (sulfide) groups is 1. The number of methoxy groups -OCH3 is 1. The van der Waals surface area contributed by atoms with Gasteiger partial charge in [0.15, 0.2) is 5.78 Å². The Morgan fingerprint density at radius 3 is 2.77 bits per heavy atom. The Morgan fingerprint density at radius 2 is 2.04 bits per heavy atom. The molecule has 1 aromatic carbocycles. The van der Waals surface area contributed by atoms with Crippen LogP contribution in [0.3, 0.4) is 0 Å². The molecule has 0 spiro atoms. The number of carbonyl (C=O) groups is 1. The van der Waals surface area contributed by atoms with Crippen LogP contribution in [0.25, 0.3) is 5.78 Å². The van der Waals surface area contributed by atoms with Gasteiger partial charge < -0.3 is 4.74 Å². The Labute approximate surface area is 156 Å². The van der Waals surface area contributed by atoms with E-state index in [0.29, 0.717) is 22.9 Å². The van der Waals surface area contributed by atoms with Crippen LogP contribution < -0.4 is 4.74 Å². The molecule has 3 aromatic rings. The predicted octanol–water partition coefficient (Wildman–Crippen LogP) is 3.55. The zero-order valence-corrected chi connectivity index (χ0v) is 15.6. The topological polar surface area (TPSA) is 69.4 Å². The molecule has 134 valence electrons. The fraction of sp³-hybridized carbons (Fsp3) is 0.368. The molecular formula is C19H20N4O2S. The number of hydrogen-bond acceptors (Lipinski definition) is 6. The third-order valence-corrected chi connectivity index (χ3v) is 5.63. The van der Waals surface area contributed by atoms with Crippen molar-refractivity contribution in [1.29, 1.82) is 0 Å². The van der Waals surface area contributed by atoms with E-state index < -0.39 is 0 Å². The van der Waals surface area contributed by atoms with E-state index in [-0.39, 0.29) is 11.7 Å². The molecule has 1 atom stereocenters. The lowest BCUT2D eigenvalue weighted by Gasteiger charge is -2.23. The molecule has 2 aromatic heterocycles. The zero-order chi connectivity index (χ0) is 18.1. The summed E-state index contributed by atoms with van der Waals surface area (Å²) in [6.45, 7) is 2.12. The number of rotatable bonds is 5. The molecule has 0 saturated heterocycles. The minimum absolute atomic E-state index is 0.111. The van der Waals surface area contributed by atoms with Crippen molar-refractivity contribution in [3.05, 3.63) is 47.3 Å². The Morgan fingerprint density at radius 1 is 1.23 bits per heavy atom. The summed E-state index contributed by atoms with van der Waals surface area (Å²) in [4.78, 5) is 21.8. The van der Waals surface area contributed by atoms with Gasteiger partial charge >= 0.3 is 0 Å². The van der Waals surface area contributed by atoms with Crippen molar-refractivity contribution in [2.75, 3.05) is 12.9 Å². The van der Waals surface area contributed by atoms with E-state index in [9.17, 15) is 4.79 Å². The SMILES string of the molecule is CCCSc1nc2nc3c(cn2n1)C(=O)C[C@@H](c1ccc(OC)cc1)C3. The summed E-state index contributed by atoms with van der Waals surface area (Å²) in [6.07, 6.45) is 4.06. The van der Waals surface area contributed by atoms with Crippen LogP contribution in [0.1, 0.15) is 47.3 Å². The van der Waals surface area contributed by atoms with E-state index in [1.807, 2.05) is 24.3 Å². The third kappa shape index (κ3) is 3.19. The van der Waals surface area contributed by atoms with Crippen molar-refractivity contribution >= 4 is 23.3 Å². The van der Waals surface area contributed by atoms with Gasteiger partial charge in [-0.2, -0.15) is 4.98 Å². The number of carbonyl (C=O) groups excluding carboxylic acids is 1. The van der Waals surface area contributed by atoms with Gasteiger partial charge in [-0.15, -0.1) is 5.10 Å². The highest BCUT2D eigenvalue weighted by atomic mass is 32.2. The zero-order valence-electron chi connectivity index (χ0n) is 14.8. The minimum Gasteiger partial charge on any atom is -0.497 e. The lowest BCUT2D eigenvalue weighted by atomic mass is 9.82. The summed E-state index contributed by atoms with van der Waals surface area (Å²) >= 11 is 1.61. The highest BCUT2D eigenvalue weighted by Gasteiger charge is 2.28. The van der Waals surface area contributed by atoms with Crippen LogP contribution in [0.2, 0.25) is 0 Å². The van der Waals surface area contributed by atoms with Crippen LogP contribution in [0.5, 0.6) is 5.75 Å². The summed E-state index contributed by atoms with van der Waals surface area (Å²) in [5, 5.41) is 5.14. The van der Waals surface area contributed by atoms with E-state index in [1.54, 1.807) is 29.6 Å². The van der Waals surface area contributed by atoms with Crippen molar-refractivity contribution in [3.8, 4) is 5.75 Å². The molecule has 4 rings (SSSR count). The van der Waals surface area contributed by atoms with Gasteiger partial charge in [-0.05, 0) is 36.5 Å². The molecule has 2 heterocycles. The van der Waals surface area contributed by atoms with Gasteiger partial charge in [0.05, 0.1) is 18.4 Å². The molecule has 0 saturated carbocycles. The molecular weight excluding hydrogens is 348 g/mol. The minimum atomic E-state index is 0.111. The van der Waals surface area contributed by atoms with Crippen LogP contribution in [-0.2, 0) is 6.42 Å². The molecule has 26 heavy (non-hydrogen) atoms. The molecule has 0 N–H and O–H groups in total. The Balaban J connectivity index is 1.65. The Kier molecular flexibility index (Phi) is 4.63. The van der Waals surface area contributed by atoms with Gasteiger partial charge in [-0.3, -0.25) is 4.79 Å². The van der Waals surface area contributed by atoms with E-state index >= 15 is 0 Å². The van der Waals surface area contributed by atoms with Gasteiger partial charge in [-0.25, -0.2) is 9.50 Å². The molecule has 0 aliphatic heterocycles. The van der Waals surface area contributed by atoms with Gasteiger partial charge in [0, 0.05) is 18.4 Å². The average molecular weight is 368 g/mol. The highest BCUT2D eigenvalue weighted by molar-refractivity contribution is 7.99. The second kappa shape index (κ2) is 7.07. The van der Waals surface area contributed by atoms with Crippen LogP contribution in [0.4, 0.5) is 0 Å². The van der Waals surface area contributed by atoms with Crippen molar-refractivity contribution in [2.45, 2.75) is 37.3 Å². The lowest BCUT2D eigenvalue weighted by molar-refractivity contribution is 0.0962. The normalized spacial score (nSPS) is 16.7. The second-order valence-electron chi connectivity index (χ2n) is 6.39. The number of ether oxygens (including phenoxy) is 1. The first-order chi connectivity index (χ1) is 12.7. The van der Waals surface area contributed by atoms with E-state index in [1.165, 1.54) is 0 Å². The largest absolute Gasteiger partial charge is 0.497 e. The van der Waals surface area contributed by atoms with Gasteiger partial charge in [0.25, 0.3) is 5.78 Å². The summed E-state index contributed by atoms with van der Waals surface area (Å²) in [5.41, 5.74) is 2.61. The number of aromatic nitrogens is 4. The maximum absolute atomic E-state index is 12.7. The fourth-order valence-electron chi connectivity index (χ4n) is 3.23. The molecule has 0 fully saturated rings. The van der Waals surface area contributed by atoms with Gasteiger partial charge in [0.1, 0.15) is 5.75 Å². The standard InChI is InChI=1S/C19H20N4O2S/c1-3-8-26-19-21-18-20-16-9-13(12-4-6-14(25-2)7-5-12)10-17(24)15(16)11-23(18)22-19/h4-7,11,13H,3,8-10H2,1-2H3/t13-/m0/s1. The van der Waals surface area contributed by atoms with Crippen molar-refractivity contribution in [1.82, 2.24) is 19.6 Å². The van der Waals surface area contributed by atoms with Crippen LogP contribution in [0, 0.1) is 0 Å². The second-order valence-corrected chi connectivity index (χ2v) is 7.45. The van der Waals surface area contributed by atoms with E-state index in [0.717, 1.165) is 35.6 Å². The fourth-order valence-corrected chi connectivity index (χ4v) is 3.91. The van der Waals surface area contributed by atoms with E-state index in [4.69, 9.17) is 4.74 Å². The first-order valence-electron chi connectivity index (χ1n) is 8.74. The third-order valence-electron chi connectivity index (χ3n) is 4.59. The van der Waals surface area contributed by atoms with Crippen molar-refractivity contribution in [3.63, 3.8) is 0 Å². The first-order valence-corrected chi connectivity index (χ1v) is 9.72. The van der Waals surface area contributed by atoms with Crippen molar-refractivity contribution < 1.29 is 9.53 Å². The van der Waals surface area contributed by atoms with Crippen LogP contribution in [0.15, 0.2) is 35.6 Å². The number of fused-ring (bicyclic) bond motifs is 2. The maximum Gasteiger partial charge on any atom is 0.253 e. The lowest BCUT2D eigenvalue weighted by Crippen LogP contribution is -2.21. The summed E-state index contributed by atoms with van der Waals surface area (Å²) in [7, 11) is 1.65. The molecule has 0 radical (unpaired) electrons. The Hall–Kier alpha value is -2.41. The summed E-state index contributed by atoms with van der Waals surface area (Å²) < 4.78 is 6.84. The highest BCUT2D eigenvalue weighted by Crippen LogP contribution is 2.32. The van der Waals surface area contributed by atoms with Crippen LogP contribution in [-0.4, -0.2) is 38.2 Å². The number of Topliss-reactive ketones (excluding diaryl/α,β-unsaturated/α-hetero) is 1.